The molecule has 1 N–H and O–H groups in total. The van der Waals surface area contributed by atoms with Gasteiger partial charge in [0.2, 0.25) is 0 Å². The number of hydrogen-bond donors (Lipinski definition) is 1. The van der Waals surface area contributed by atoms with Crippen LogP contribution < -0.4 is 5.32 Å². The smallest absolute Gasteiger partial charge is 0.331 e. The number of esters is 1. The van der Waals surface area contributed by atoms with Crippen molar-refractivity contribution in [1.29, 1.82) is 0 Å². The van der Waals surface area contributed by atoms with Crippen molar-refractivity contribution in [2.45, 2.75) is 0 Å². The standard InChI is InChI=1S/C15H10Cl3NO3S/c16-9-6-11(17)15(12(18)7-9)19-13(20)8-22-14(21)4-3-10-2-1-5-23-10/h1-7H,8H2,(H,19,20). The summed E-state index contributed by atoms with van der Waals surface area (Å²) in [6.07, 6.45) is 2.86. The highest BCUT2D eigenvalue weighted by Gasteiger charge is 2.12. The molecule has 1 aromatic heterocycles. The van der Waals surface area contributed by atoms with Crippen LogP contribution in [0, 0.1) is 0 Å². The Morgan fingerprint density at radius 3 is 2.52 bits per heavy atom. The fourth-order valence-electron chi connectivity index (χ4n) is 1.56. The van der Waals surface area contributed by atoms with Crippen molar-refractivity contribution in [3.63, 3.8) is 0 Å². The molecule has 0 saturated heterocycles. The van der Waals surface area contributed by atoms with Crippen LogP contribution in [-0.2, 0) is 14.3 Å². The summed E-state index contributed by atoms with van der Waals surface area (Å²) >= 11 is 19.2. The Morgan fingerprint density at radius 2 is 1.91 bits per heavy atom. The number of amides is 1. The van der Waals surface area contributed by atoms with E-state index < -0.39 is 18.5 Å². The van der Waals surface area contributed by atoms with Gasteiger partial charge in [0, 0.05) is 16.0 Å². The highest BCUT2D eigenvalue weighted by molar-refractivity contribution is 7.10. The van der Waals surface area contributed by atoms with E-state index in [4.69, 9.17) is 39.5 Å². The molecule has 0 fully saturated rings. The minimum absolute atomic E-state index is 0.194. The topological polar surface area (TPSA) is 55.4 Å². The molecule has 1 heterocycles. The molecule has 23 heavy (non-hydrogen) atoms. The average molecular weight is 391 g/mol. The summed E-state index contributed by atoms with van der Waals surface area (Å²) in [5, 5.41) is 5.10. The van der Waals surface area contributed by atoms with Gasteiger partial charge < -0.3 is 10.1 Å². The van der Waals surface area contributed by atoms with E-state index in [2.05, 4.69) is 5.32 Å². The van der Waals surface area contributed by atoms with Gasteiger partial charge in [-0.15, -0.1) is 11.3 Å². The Bertz CT molecular complexity index is 721. The zero-order chi connectivity index (χ0) is 16.8. The maximum atomic E-state index is 11.8. The highest BCUT2D eigenvalue weighted by atomic mass is 35.5. The van der Waals surface area contributed by atoms with Gasteiger partial charge >= 0.3 is 5.97 Å². The molecule has 0 saturated carbocycles. The first-order valence-corrected chi connectivity index (χ1v) is 8.30. The maximum Gasteiger partial charge on any atom is 0.331 e. The molecule has 0 unspecified atom stereocenters. The molecule has 4 nitrogen and oxygen atoms in total. The molecule has 0 aliphatic carbocycles. The monoisotopic (exact) mass is 389 g/mol. The SMILES string of the molecule is O=C(COC(=O)C=Cc1cccs1)Nc1c(Cl)cc(Cl)cc1Cl. The summed E-state index contributed by atoms with van der Waals surface area (Å²) in [4.78, 5) is 24.2. The van der Waals surface area contributed by atoms with E-state index in [1.165, 1.54) is 29.5 Å². The Labute approximate surface area is 151 Å². The Hall–Kier alpha value is -1.53. The minimum Gasteiger partial charge on any atom is -0.452 e. The van der Waals surface area contributed by atoms with E-state index >= 15 is 0 Å². The van der Waals surface area contributed by atoms with E-state index in [0.29, 0.717) is 5.02 Å². The summed E-state index contributed by atoms with van der Waals surface area (Å²) in [5.41, 5.74) is 0.216. The molecule has 2 rings (SSSR count). The van der Waals surface area contributed by atoms with Gasteiger partial charge in [-0.1, -0.05) is 40.9 Å². The second kappa shape index (κ2) is 8.36. The molecule has 0 atom stereocenters. The summed E-state index contributed by atoms with van der Waals surface area (Å²) in [6.45, 7) is -0.455. The number of rotatable bonds is 5. The van der Waals surface area contributed by atoms with Gasteiger partial charge in [-0.05, 0) is 29.7 Å². The number of carbonyl (C=O) groups excluding carboxylic acids is 2. The number of halogens is 3. The Balaban J connectivity index is 1.87. The van der Waals surface area contributed by atoms with Gasteiger partial charge in [0.05, 0.1) is 15.7 Å². The Kier molecular flexibility index (Phi) is 6.47. The number of thiophene rings is 1. The first-order chi connectivity index (χ1) is 11.0. The first kappa shape index (κ1) is 17.8. The van der Waals surface area contributed by atoms with Gasteiger partial charge in [0.1, 0.15) is 0 Å². The molecule has 2 aromatic rings. The van der Waals surface area contributed by atoms with E-state index in [0.717, 1.165) is 4.88 Å². The van der Waals surface area contributed by atoms with E-state index in [9.17, 15) is 9.59 Å². The third-order valence-corrected chi connectivity index (χ3v) is 4.20. The molecule has 1 amide bonds. The van der Waals surface area contributed by atoms with Crippen molar-refractivity contribution in [2.24, 2.45) is 0 Å². The summed E-state index contributed by atoms with van der Waals surface area (Å²) in [5.74, 6) is -1.18. The van der Waals surface area contributed by atoms with Crippen molar-refractivity contribution in [1.82, 2.24) is 0 Å². The lowest BCUT2D eigenvalue weighted by Gasteiger charge is -2.09. The largest absolute Gasteiger partial charge is 0.452 e. The molecule has 0 spiro atoms. The predicted molar refractivity (Wildman–Crippen MR) is 94.4 cm³/mol. The Morgan fingerprint density at radius 1 is 1.22 bits per heavy atom. The maximum absolute atomic E-state index is 11.8. The number of hydrogen-bond acceptors (Lipinski definition) is 4. The zero-order valence-corrected chi connectivity index (χ0v) is 14.6. The molecular formula is C15H10Cl3NO3S. The fraction of sp³-hybridized carbons (Fsp3) is 0.0667. The van der Waals surface area contributed by atoms with E-state index in [1.807, 2.05) is 17.5 Å². The molecule has 0 bridgehead atoms. The van der Waals surface area contributed by atoms with Crippen LogP contribution in [-0.4, -0.2) is 18.5 Å². The van der Waals surface area contributed by atoms with E-state index in [-0.39, 0.29) is 15.7 Å². The third kappa shape index (κ3) is 5.55. The van der Waals surface area contributed by atoms with Gasteiger partial charge in [-0.25, -0.2) is 4.79 Å². The lowest BCUT2D eigenvalue weighted by atomic mass is 10.3. The highest BCUT2D eigenvalue weighted by Crippen LogP contribution is 2.33. The summed E-state index contributed by atoms with van der Waals surface area (Å²) in [7, 11) is 0. The number of anilines is 1. The fourth-order valence-corrected chi connectivity index (χ4v) is 3.09. The second-order valence-corrected chi connectivity index (χ2v) is 6.48. The molecular weight excluding hydrogens is 381 g/mol. The second-order valence-electron chi connectivity index (χ2n) is 4.25. The number of carbonyl (C=O) groups is 2. The number of nitrogens with one attached hydrogen (secondary N) is 1. The van der Waals surface area contributed by atoms with Gasteiger partial charge in [0.25, 0.3) is 5.91 Å². The molecule has 0 aliphatic heterocycles. The van der Waals surface area contributed by atoms with Crippen LogP contribution in [0.2, 0.25) is 15.1 Å². The normalized spacial score (nSPS) is 10.7. The molecule has 120 valence electrons. The van der Waals surface area contributed by atoms with Gasteiger partial charge in [-0.2, -0.15) is 0 Å². The van der Waals surface area contributed by atoms with Crippen molar-refractivity contribution < 1.29 is 14.3 Å². The molecule has 0 aliphatic rings. The third-order valence-electron chi connectivity index (χ3n) is 2.54. The van der Waals surface area contributed by atoms with Crippen LogP contribution in [0.3, 0.4) is 0 Å². The average Bonchev–Trinajstić information content (AvgIpc) is 3.00. The van der Waals surface area contributed by atoms with Crippen LogP contribution in [0.5, 0.6) is 0 Å². The van der Waals surface area contributed by atoms with Gasteiger partial charge in [0.15, 0.2) is 6.61 Å². The molecule has 1 aromatic carbocycles. The van der Waals surface area contributed by atoms with Crippen molar-refractivity contribution in [3.05, 3.63) is 55.7 Å². The lowest BCUT2D eigenvalue weighted by Crippen LogP contribution is -2.20. The van der Waals surface area contributed by atoms with Crippen LogP contribution in [0.25, 0.3) is 6.08 Å². The summed E-state index contributed by atoms with van der Waals surface area (Å²) < 4.78 is 4.83. The zero-order valence-electron chi connectivity index (χ0n) is 11.5. The number of ether oxygens (including phenoxy) is 1. The van der Waals surface area contributed by atoms with Crippen LogP contribution in [0.4, 0.5) is 5.69 Å². The van der Waals surface area contributed by atoms with Crippen molar-refractivity contribution in [2.75, 3.05) is 11.9 Å². The van der Waals surface area contributed by atoms with Crippen LogP contribution in [0.1, 0.15) is 4.88 Å². The van der Waals surface area contributed by atoms with Crippen molar-refractivity contribution in [3.8, 4) is 0 Å². The number of benzene rings is 1. The van der Waals surface area contributed by atoms with Crippen LogP contribution in [0.15, 0.2) is 35.7 Å². The first-order valence-electron chi connectivity index (χ1n) is 6.28. The molecule has 0 radical (unpaired) electrons. The summed E-state index contributed by atoms with van der Waals surface area (Å²) in [6, 6.07) is 6.61. The molecule has 8 heteroatoms. The van der Waals surface area contributed by atoms with Crippen LogP contribution >= 0.6 is 46.1 Å². The van der Waals surface area contributed by atoms with E-state index in [1.54, 1.807) is 6.08 Å². The minimum atomic E-state index is -0.623. The van der Waals surface area contributed by atoms with Gasteiger partial charge in [-0.3, -0.25) is 4.79 Å². The van der Waals surface area contributed by atoms with Crippen molar-refractivity contribution >= 4 is 69.8 Å². The predicted octanol–water partition coefficient (Wildman–Crippen LogP) is 4.90. The quantitative estimate of drug-likeness (QED) is 0.583. The lowest BCUT2D eigenvalue weighted by molar-refractivity contribution is -0.142.